The first-order valence-electron chi connectivity index (χ1n) is 15.4. The minimum atomic E-state index is -4.17. The van der Waals surface area contributed by atoms with E-state index in [2.05, 4.69) is 4.72 Å². The van der Waals surface area contributed by atoms with Crippen molar-refractivity contribution in [2.24, 2.45) is 19.8 Å². The number of nitrogens with zero attached hydrogens (tertiary/aromatic N) is 3. The molecular weight excluding hydrogens is 642 g/mol. The Kier molecular flexibility index (Phi) is 11.8. The van der Waals surface area contributed by atoms with Crippen LogP contribution in [0, 0.1) is 0 Å². The van der Waals surface area contributed by atoms with Gasteiger partial charge in [-0.25, -0.2) is 13.2 Å². The summed E-state index contributed by atoms with van der Waals surface area (Å²) in [5.41, 5.74) is 6.09. The zero-order chi connectivity index (χ0) is 35.0. The maximum atomic E-state index is 13.7. The number of amides is 1. The van der Waals surface area contributed by atoms with Gasteiger partial charge in [0.25, 0.3) is 10.0 Å². The van der Waals surface area contributed by atoms with Crippen molar-refractivity contribution >= 4 is 32.7 Å². The summed E-state index contributed by atoms with van der Waals surface area (Å²) < 4.78 is 61.6. The molecule has 0 radical (unpaired) electrons. The third kappa shape index (κ3) is 8.72. The fourth-order valence-electron chi connectivity index (χ4n) is 5.01. The molecule has 0 spiro atoms. The van der Waals surface area contributed by atoms with Gasteiger partial charge in [-0.2, -0.15) is 0 Å². The molecule has 0 atom stereocenters. The number of aryl methyl sites for hydroxylation is 2. The molecule has 0 saturated heterocycles. The lowest BCUT2D eigenvalue weighted by atomic mass is 10.2. The SMILES string of the molecule is CCCOc1cc(OCCCCN(C)CC(N)=O)cc(Oc2cc3c(cc2NS(=O)(=O)c2ccc(OC)c(OC)c2)n(C)c(=O)n3C)c1. The molecule has 0 saturated carbocycles. The van der Waals surface area contributed by atoms with Gasteiger partial charge < -0.3 is 29.4 Å². The quantitative estimate of drug-likeness (QED) is 0.147. The van der Waals surface area contributed by atoms with Gasteiger partial charge in [0.1, 0.15) is 17.2 Å². The van der Waals surface area contributed by atoms with Crippen LogP contribution in [-0.4, -0.2) is 75.9 Å². The summed E-state index contributed by atoms with van der Waals surface area (Å²) in [5, 5.41) is 0. The van der Waals surface area contributed by atoms with Crippen LogP contribution < -0.4 is 39.8 Å². The molecule has 1 aromatic heterocycles. The van der Waals surface area contributed by atoms with Crippen LogP contribution in [0.5, 0.6) is 34.5 Å². The van der Waals surface area contributed by atoms with Crippen LogP contribution in [-0.2, 0) is 28.9 Å². The van der Waals surface area contributed by atoms with Crippen LogP contribution in [0.4, 0.5) is 5.69 Å². The second kappa shape index (κ2) is 15.8. The molecule has 3 N–H and O–H groups in total. The summed E-state index contributed by atoms with van der Waals surface area (Å²) in [7, 11) is 3.76. The van der Waals surface area contributed by atoms with E-state index in [0.29, 0.717) is 53.8 Å². The number of anilines is 1. The van der Waals surface area contributed by atoms with Gasteiger partial charge in [-0.3, -0.25) is 23.6 Å². The highest BCUT2D eigenvalue weighted by molar-refractivity contribution is 7.92. The number of fused-ring (bicyclic) bond motifs is 1. The molecule has 3 aromatic carbocycles. The number of aromatic nitrogens is 2. The molecule has 260 valence electrons. The maximum Gasteiger partial charge on any atom is 0.328 e. The van der Waals surface area contributed by atoms with Gasteiger partial charge in [-0.1, -0.05) is 6.92 Å². The Balaban J connectivity index is 1.67. The van der Waals surface area contributed by atoms with Crippen molar-refractivity contribution in [1.29, 1.82) is 0 Å². The molecule has 0 fully saturated rings. The second-order valence-corrected chi connectivity index (χ2v) is 12.9. The van der Waals surface area contributed by atoms with Crippen molar-refractivity contribution in [3.63, 3.8) is 0 Å². The Morgan fingerprint density at radius 3 is 2.10 bits per heavy atom. The third-order valence-electron chi connectivity index (χ3n) is 7.47. The predicted octanol–water partition coefficient (Wildman–Crippen LogP) is 3.85. The molecule has 0 aliphatic rings. The number of carbonyl (C=O) groups excluding carboxylic acids is 1. The van der Waals surface area contributed by atoms with Crippen LogP contribution in [0.2, 0.25) is 0 Å². The summed E-state index contributed by atoms with van der Waals surface area (Å²) in [5.74, 6) is 1.70. The van der Waals surface area contributed by atoms with Crippen molar-refractivity contribution in [3.8, 4) is 34.5 Å². The van der Waals surface area contributed by atoms with Crippen LogP contribution in [0.25, 0.3) is 11.0 Å². The highest BCUT2D eigenvalue weighted by Gasteiger charge is 2.22. The van der Waals surface area contributed by atoms with E-state index in [4.69, 9.17) is 29.4 Å². The molecule has 4 aromatic rings. The normalized spacial score (nSPS) is 11.5. The number of imidazole rings is 1. The number of hydrogen-bond donors (Lipinski definition) is 2. The lowest BCUT2D eigenvalue weighted by molar-refractivity contribution is -0.118. The number of rotatable bonds is 18. The van der Waals surface area contributed by atoms with E-state index in [1.807, 2.05) is 18.9 Å². The molecule has 15 heteroatoms. The van der Waals surface area contributed by atoms with Gasteiger partial charge in [0.15, 0.2) is 17.2 Å². The standard InChI is InChI=1S/C33H43N5O9S/c1-7-13-45-22-15-23(46-14-9-8-12-36(2)21-32(34)39)17-24(16-22)47-30-20-28-27(37(3)33(40)38(28)4)19-26(30)35-48(41,42)25-10-11-29(43-5)31(18-25)44-6/h10-11,15-20,35H,7-9,12-14,21H2,1-6H3,(H2,34,39). The van der Waals surface area contributed by atoms with Crippen molar-refractivity contribution in [1.82, 2.24) is 14.0 Å². The predicted molar refractivity (Wildman–Crippen MR) is 182 cm³/mol. The first-order chi connectivity index (χ1) is 22.9. The lowest BCUT2D eigenvalue weighted by Crippen LogP contribution is -2.31. The van der Waals surface area contributed by atoms with Crippen molar-refractivity contribution < 1.29 is 36.9 Å². The topological polar surface area (TPSA) is 166 Å². The summed E-state index contributed by atoms with van der Waals surface area (Å²) in [4.78, 5) is 25.7. The van der Waals surface area contributed by atoms with Gasteiger partial charge in [-0.15, -0.1) is 0 Å². The van der Waals surface area contributed by atoms with Gasteiger partial charge in [-0.05, 0) is 51.1 Å². The average Bonchev–Trinajstić information content (AvgIpc) is 3.25. The fourth-order valence-corrected chi connectivity index (χ4v) is 6.09. The van der Waals surface area contributed by atoms with E-state index in [0.717, 1.165) is 19.3 Å². The molecular formula is C33H43N5O9S. The van der Waals surface area contributed by atoms with E-state index in [-0.39, 0.29) is 40.2 Å². The Morgan fingerprint density at radius 2 is 1.48 bits per heavy atom. The number of nitrogens with two attached hydrogens (primary N) is 1. The first kappa shape index (κ1) is 36.0. The highest BCUT2D eigenvalue weighted by atomic mass is 32.2. The smallest absolute Gasteiger partial charge is 0.328 e. The summed E-state index contributed by atoms with van der Waals surface area (Å²) in [6, 6.07) is 12.5. The molecule has 1 amide bonds. The third-order valence-corrected chi connectivity index (χ3v) is 8.83. The van der Waals surface area contributed by atoms with Gasteiger partial charge in [0.05, 0.1) is 55.6 Å². The number of unbranched alkanes of at least 4 members (excludes halogenated alkanes) is 1. The summed E-state index contributed by atoms with van der Waals surface area (Å²) in [6.07, 6.45) is 2.29. The van der Waals surface area contributed by atoms with Crippen molar-refractivity contribution in [3.05, 3.63) is 59.0 Å². The number of sulfonamides is 1. The fraction of sp³-hybridized carbons (Fsp3) is 0.394. The Labute approximate surface area is 279 Å². The highest BCUT2D eigenvalue weighted by Crippen LogP contribution is 2.38. The molecule has 0 unspecified atom stereocenters. The Bertz CT molecular complexity index is 1920. The van der Waals surface area contributed by atoms with Gasteiger partial charge >= 0.3 is 5.69 Å². The summed E-state index contributed by atoms with van der Waals surface area (Å²) in [6.45, 7) is 3.72. The van der Waals surface area contributed by atoms with Crippen molar-refractivity contribution in [2.75, 3.05) is 52.3 Å². The van der Waals surface area contributed by atoms with Crippen LogP contribution in [0.15, 0.2) is 58.2 Å². The number of nitrogens with one attached hydrogen (secondary N) is 1. The zero-order valence-corrected chi connectivity index (χ0v) is 28.9. The van der Waals surface area contributed by atoms with Gasteiger partial charge in [0.2, 0.25) is 5.91 Å². The largest absolute Gasteiger partial charge is 0.493 e. The maximum absolute atomic E-state index is 13.7. The molecule has 0 aliphatic heterocycles. The monoisotopic (exact) mass is 685 g/mol. The van der Waals surface area contributed by atoms with E-state index in [1.165, 1.54) is 41.6 Å². The number of primary amides is 1. The summed E-state index contributed by atoms with van der Waals surface area (Å²) >= 11 is 0. The first-order valence-corrected chi connectivity index (χ1v) is 16.8. The molecule has 1 heterocycles. The number of likely N-dealkylation sites (N-methyl/N-ethyl adjacent to an activating group) is 1. The number of methoxy groups -OCH3 is 2. The number of hydrogen-bond acceptors (Lipinski definition) is 10. The molecule has 0 aliphatic carbocycles. The van der Waals surface area contributed by atoms with Crippen LogP contribution in [0.1, 0.15) is 26.2 Å². The molecule has 4 rings (SSSR count). The van der Waals surface area contributed by atoms with E-state index >= 15 is 0 Å². The number of ether oxygens (including phenoxy) is 5. The van der Waals surface area contributed by atoms with Crippen LogP contribution >= 0.6 is 0 Å². The molecule has 0 bridgehead atoms. The zero-order valence-electron chi connectivity index (χ0n) is 28.1. The second-order valence-electron chi connectivity index (χ2n) is 11.2. The Hall–Kier alpha value is -4.89. The van der Waals surface area contributed by atoms with E-state index in [1.54, 1.807) is 44.4 Å². The minimum absolute atomic E-state index is 0.0698. The van der Waals surface area contributed by atoms with E-state index in [9.17, 15) is 18.0 Å². The Morgan fingerprint density at radius 1 is 0.854 bits per heavy atom. The van der Waals surface area contributed by atoms with Crippen molar-refractivity contribution in [2.45, 2.75) is 31.1 Å². The van der Waals surface area contributed by atoms with Crippen LogP contribution in [0.3, 0.4) is 0 Å². The molecule has 48 heavy (non-hydrogen) atoms. The average molecular weight is 686 g/mol. The van der Waals surface area contributed by atoms with E-state index < -0.39 is 10.0 Å². The number of carbonyl (C=O) groups is 1. The lowest BCUT2D eigenvalue weighted by Gasteiger charge is -2.17. The minimum Gasteiger partial charge on any atom is -0.493 e. The number of benzene rings is 3. The van der Waals surface area contributed by atoms with Gasteiger partial charge in [0, 0.05) is 44.4 Å². The molecule has 14 nitrogen and oxygen atoms in total.